The molecule has 0 fully saturated rings. The van der Waals surface area contributed by atoms with E-state index in [0.29, 0.717) is 9.52 Å². The number of rotatable bonds is 4. The molecule has 4 heteroatoms. The van der Waals surface area contributed by atoms with E-state index in [1.807, 2.05) is 30.3 Å². The second kappa shape index (κ2) is 18.8. The van der Waals surface area contributed by atoms with Crippen LogP contribution in [0.3, 0.4) is 0 Å². The molecular weight excluding hydrogens is 671 g/mol. The average molecular weight is 716 g/mol. The first-order chi connectivity index (χ1) is 19.6. The topological polar surface area (TPSA) is 0 Å². The standard InChI is InChI=1S/C21H25.C14H15Si.C5H5.2ClH.Zr/c1-20(2,3)16-7-9-18-14(12-16)11-15-13-17(21(4,5)6)8-10-19(15)18;1-3-7-13(8-4-1)11-15-12-14-9-5-2-6-10-14;1-2-4-5-3-1;;;/h7-10,12H,11H2,1-6H3;1-10,15H,11-12H2;1-5H;2*1H;/q-1;;-1;;;+4/p-2. The van der Waals surface area contributed by atoms with Crippen LogP contribution in [-0.2, 0) is 55.5 Å². The van der Waals surface area contributed by atoms with Crippen LogP contribution in [0.1, 0.15) is 74.9 Å². The van der Waals surface area contributed by atoms with Gasteiger partial charge in [0.05, 0.1) is 0 Å². The molecule has 5 aromatic carbocycles. The molecule has 0 aliphatic heterocycles. The number of benzene rings is 4. The molecule has 0 spiro atoms. The van der Waals surface area contributed by atoms with E-state index in [1.54, 1.807) is 0 Å². The van der Waals surface area contributed by atoms with Gasteiger partial charge in [0.1, 0.15) is 0 Å². The molecule has 0 nitrogen and oxygen atoms in total. The van der Waals surface area contributed by atoms with Gasteiger partial charge in [-0.3, -0.25) is 0 Å². The smallest absolute Gasteiger partial charge is 1.00 e. The molecule has 0 saturated heterocycles. The minimum absolute atomic E-state index is 0. The Morgan fingerprint density at radius 2 is 1.16 bits per heavy atom. The van der Waals surface area contributed by atoms with Crippen molar-refractivity contribution < 1.29 is 51.0 Å². The molecule has 5 aromatic rings. The summed E-state index contributed by atoms with van der Waals surface area (Å²) < 4.78 is 0. The predicted octanol–water partition coefficient (Wildman–Crippen LogP) is 3.89. The second-order valence-corrected chi connectivity index (χ2v) is 14.3. The third kappa shape index (κ3) is 12.0. The van der Waals surface area contributed by atoms with Gasteiger partial charge in [-0.25, -0.2) is 12.1 Å². The summed E-state index contributed by atoms with van der Waals surface area (Å²) in [5, 5.41) is 0. The van der Waals surface area contributed by atoms with E-state index in [0.717, 1.165) is 6.42 Å². The summed E-state index contributed by atoms with van der Waals surface area (Å²) in [4.78, 5) is 0. The van der Waals surface area contributed by atoms with Gasteiger partial charge >= 0.3 is 26.2 Å². The largest absolute Gasteiger partial charge is 4.00 e. The second-order valence-electron chi connectivity index (χ2n) is 12.9. The Morgan fingerprint density at radius 3 is 1.61 bits per heavy atom. The van der Waals surface area contributed by atoms with E-state index in [2.05, 4.69) is 139 Å². The first kappa shape index (κ1) is 39.9. The van der Waals surface area contributed by atoms with E-state index in [4.69, 9.17) is 0 Å². The molecule has 0 aromatic heterocycles. The molecule has 0 heterocycles. The molecule has 0 unspecified atom stereocenters. The summed E-state index contributed by atoms with van der Waals surface area (Å²) in [5.74, 6) is 0. The van der Waals surface area contributed by atoms with Crippen molar-refractivity contribution in [3.05, 3.63) is 161 Å². The molecule has 0 atom stereocenters. The van der Waals surface area contributed by atoms with Gasteiger partial charge in [-0.05, 0) is 40.5 Å². The predicted molar refractivity (Wildman–Crippen MR) is 180 cm³/mol. The van der Waals surface area contributed by atoms with Gasteiger partial charge in [-0.2, -0.15) is 42.0 Å². The molecule has 0 N–H and O–H groups in total. The van der Waals surface area contributed by atoms with Crippen LogP contribution < -0.4 is 24.8 Å². The van der Waals surface area contributed by atoms with E-state index in [-0.39, 0.29) is 61.8 Å². The number of fused-ring (bicyclic) bond motifs is 3. The zero-order chi connectivity index (χ0) is 29.3. The molecule has 0 bridgehead atoms. The first-order valence-corrected chi connectivity index (χ1v) is 16.5. The maximum absolute atomic E-state index is 3.67. The van der Waals surface area contributed by atoms with E-state index in [9.17, 15) is 0 Å². The monoisotopic (exact) mass is 713 g/mol. The Morgan fingerprint density at radius 1 is 0.636 bits per heavy atom. The molecule has 1 aliphatic carbocycles. The van der Waals surface area contributed by atoms with Crippen molar-refractivity contribution in [2.24, 2.45) is 0 Å². The van der Waals surface area contributed by atoms with Crippen LogP contribution in [0.4, 0.5) is 0 Å². The summed E-state index contributed by atoms with van der Waals surface area (Å²) in [6.45, 7) is 13.6. The molecule has 1 aliphatic rings. The summed E-state index contributed by atoms with van der Waals surface area (Å²) in [6.07, 6.45) is 1.03. The van der Waals surface area contributed by atoms with Crippen LogP contribution in [0.5, 0.6) is 0 Å². The summed E-state index contributed by atoms with van der Waals surface area (Å²) in [5.41, 5.74) is 11.7. The Balaban J connectivity index is 0.000000370. The van der Waals surface area contributed by atoms with Gasteiger partial charge in [0.15, 0.2) is 0 Å². The normalized spacial score (nSPS) is 11.0. The van der Waals surface area contributed by atoms with Crippen LogP contribution in [0.25, 0.3) is 11.1 Å². The summed E-state index contributed by atoms with van der Waals surface area (Å²) >= 11 is 0. The molecule has 0 saturated carbocycles. The fourth-order valence-corrected chi connectivity index (χ4v) is 6.34. The zero-order valence-corrected chi connectivity index (χ0v) is 32.1. The van der Waals surface area contributed by atoms with Crippen molar-refractivity contribution in [2.75, 3.05) is 0 Å². The van der Waals surface area contributed by atoms with Crippen molar-refractivity contribution in [1.29, 1.82) is 0 Å². The Bertz CT molecular complexity index is 1360. The van der Waals surface area contributed by atoms with Crippen molar-refractivity contribution in [2.45, 2.75) is 70.9 Å². The third-order valence-electron chi connectivity index (χ3n) is 7.47. The molecule has 1 radical (unpaired) electrons. The molecule has 6 rings (SSSR count). The van der Waals surface area contributed by atoms with Crippen LogP contribution in [0.2, 0.25) is 0 Å². The number of hydrogen-bond donors (Lipinski definition) is 0. The molecular formula is C40H45Cl2SiZr. The molecule has 44 heavy (non-hydrogen) atoms. The SMILES string of the molecule is CC(C)(C)c1[c-]c2c(cc1)-c1ccc(C(C)(C)C)cc1C2.[Cl-].[Cl-].[Zr+4].c1cc[cH-]c1.c1ccc(C[SiH]Cc2ccccc2)cc1. The van der Waals surface area contributed by atoms with E-state index < -0.39 is 0 Å². The van der Waals surface area contributed by atoms with Crippen molar-refractivity contribution >= 4 is 9.52 Å². The third-order valence-corrected chi connectivity index (χ3v) is 8.99. The van der Waals surface area contributed by atoms with Crippen LogP contribution in [0, 0.1) is 6.07 Å². The maximum atomic E-state index is 3.67. The minimum Gasteiger partial charge on any atom is -1.00 e. The Kier molecular flexibility index (Phi) is 17.0. The first-order valence-electron chi connectivity index (χ1n) is 14.9. The van der Waals surface area contributed by atoms with Gasteiger partial charge in [-0.15, -0.1) is 11.1 Å². The number of halogens is 2. The van der Waals surface area contributed by atoms with Crippen LogP contribution >= 0.6 is 0 Å². The Hall–Kier alpha value is -2.09. The van der Waals surface area contributed by atoms with Gasteiger partial charge in [0, 0.05) is 9.52 Å². The minimum atomic E-state index is 0. The Labute approximate surface area is 301 Å². The van der Waals surface area contributed by atoms with Crippen molar-refractivity contribution in [3.63, 3.8) is 0 Å². The van der Waals surface area contributed by atoms with Crippen molar-refractivity contribution in [3.8, 4) is 11.1 Å². The van der Waals surface area contributed by atoms with E-state index >= 15 is 0 Å². The quantitative estimate of drug-likeness (QED) is 0.192. The van der Waals surface area contributed by atoms with Crippen LogP contribution in [-0.4, -0.2) is 9.52 Å². The van der Waals surface area contributed by atoms with Gasteiger partial charge < -0.3 is 24.8 Å². The van der Waals surface area contributed by atoms with Crippen LogP contribution in [0.15, 0.2) is 121 Å². The maximum Gasteiger partial charge on any atom is 4.00 e. The van der Waals surface area contributed by atoms with Gasteiger partial charge in [-0.1, -0.05) is 137 Å². The van der Waals surface area contributed by atoms with E-state index in [1.165, 1.54) is 56.6 Å². The fraction of sp³-hybridized carbons (Fsp3) is 0.275. The summed E-state index contributed by atoms with van der Waals surface area (Å²) in [7, 11) is 0.501. The summed E-state index contributed by atoms with van der Waals surface area (Å²) in [6, 6.07) is 49.2. The molecule has 0 amide bonds. The fourth-order valence-electron chi connectivity index (χ4n) is 4.98. The average Bonchev–Trinajstić information content (AvgIpc) is 3.65. The zero-order valence-electron chi connectivity index (χ0n) is 27.0. The van der Waals surface area contributed by atoms with Gasteiger partial charge in [0.25, 0.3) is 0 Å². The van der Waals surface area contributed by atoms with Crippen molar-refractivity contribution in [1.82, 2.24) is 0 Å². The number of hydrogen-bond acceptors (Lipinski definition) is 0. The molecule has 227 valence electrons. The van der Waals surface area contributed by atoms with Gasteiger partial charge in [0.2, 0.25) is 0 Å².